The first-order chi connectivity index (χ1) is 15.6. The molecule has 0 saturated heterocycles. The Hall–Kier alpha value is -3.84. The van der Waals surface area contributed by atoms with Gasteiger partial charge in [-0.1, -0.05) is 92.7 Å². The highest BCUT2D eigenvalue weighted by molar-refractivity contribution is 5.88. The Labute approximate surface area is 189 Å². The Bertz CT molecular complexity index is 1480. The average Bonchev–Trinajstić information content (AvgIpc) is 3.06. The summed E-state index contributed by atoms with van der Waals surface area (Å²) in [6, 6.07) is 39.4. The maximum atomic E-state index is 3.65. The van der Waals surface area contributed by atoms with Crippen LogP contribution in [0.5, 0.6) is 0 Å². The van der Waals surface area contributed by atoms with Crippen LogP contribution in [0.2, 0.25) is 0 Å². The lowest BCUT2D eigenvalue weighted by molar-refractivity contribution is 0.660. The highest BCUT2D eigenvalue weighted by Gasteiger charge is 2.35. The smallest absolute Gasteiger partial charge is 0.0390 e. The molecule has 32 heavy (non-hydrogen) atoms. The van der Waals surface area contributed by atoms with Crippen LogP contribution in [0.25, 0.3) is 33.0 Å². The number of benzene rings is 5. The highest BCUT2D eigenvalue weighted by Crippen LogP contribution is 2.49. The molecule has 0 bridgehead atoms. The van der Waals surface area contributed by atoms with E-state index in [1.165, 1.54) is 44.2 Å². The van der Waals surface area contributed by atoms with Crippen LogP contribution in [0.1, 0.15) is 25.0 Å². The third kappa shape index (κ3) is 3.01. The number of hydrogen-bond donors (Lipinski definition) is 1. The molecule has 1 nitrogen and oxygen atoms in total. The summed E-state index contributed by atoms with van der Waals surface area (Å²) in [6.45, 7) is 4.64. The van der Waals surface area contributed by atoms with Crippen LogP contribution in [-0.4, -0.2) is 0 Å². The maximum absolute atomic E-state index is 3.65. The predicted octanol–water partition coefficient (Wildman–Crippen LogP) is 8.56. The lowest BCUT2D eigenvalue weighted by atomic mass is 9.82. The Morgan fingerprint density at radius 1 is 0.500 bits per heavy atom. The summed E-state index contributed by atoms with van der Waals surface area (Å²) in [5.41, 5.74) is 10.2. The first-order valence-corrected chi connectivity index (χ1v) is 11.2. The fourth-order valence-electron chi connectivity index (χ4n) is 5.09. The van der Waals surface area contributed by atoms with E-state index in [0.717, 1.165) is 11.4 Å². The fraction of sp³-hybridized carbons (Fsp3) is 0.0968. The van der Waals surface area contributed by atoms with Crippen LogP contribution in [0.15, 0.2) is 109 Å². The molecule has 1 aliphatic rings. The molecular formula is C31H25N. The van der Waals surface area contributed by atoms with Gasteiger partial charge in [0.05, 0.1) is 0 Å². The average molecular weight is 412 g/mol. The van der Waals surface area contributed by atoms with Crippen LogP contribution in [0.4, 0.5) is 11.4 Å². The minimum Gasteiger partial charge on any atom is -0.356 e. The molecule has 0 fully saturated rings. The van der Waals surface area contributed by atoms with Crippen LogP contribution in [-0.2, 0) is 5.41 Å². The zero-order valence-corrected chi connectivity index (χ0v) is 18.4. The molecule has 1 heteroatoms. The van der Waals surface area contributed by atoms with Crippen molar-refractivity contribution in [3.05, 3.63) is 120 Å². The standard InChI is InChI=1S/C31H25N/c1-31(2)29-13-6-5-12-27(29)28-17-16-26(20-30(28)31)32-25-11-7-10-23(19-25)24-15-14-21-8-3-4-9-22(21)18-24/h3-20,32H,1-2H3. The first kappa shape index (κ1) is 18.9. The van der Waals surface area contributed by atoms with Crippen molar-refractivity contribution in [1.82, 2.24) is 0 Å². The summed E-state index contributed by atoms with van der Waals surface area (Å²) >= 11 is 0. The van der Waals surface area contributed by atoms with Crippen LogP contribution >= 0.6 is 0 Å². The molecule has 0 unspecified atom stereocenters. The quantitative estimate of drug-likeness (QED) is 0.313. The summed E-state index contributed by atoms with van der Waals surface area (Å²) in [6.07, 6.45) is 0. The van der Waals surface area contributed by atoms with Crippen molar-refractivity contribution in [3.63, 3.8) is 0 Å². The van der Waals surface area contributed by atoms with Gasteiger partial charge in [-0.25, -0.2) is 0 Å². The van der Waals surface area contributed by atoms with E-state index in [1.807, 2.05) is 0 Å². The molecule has 0 atom stereocenters. The van der Waals surface area contributed by atoms with Gasteiger partial charge in [0.2, 0.25) is 0 Å². The molecule has 0 heterocycles. The number of anilines is 2. The normalized spacial score (nSPS) is 13.6. The molecular weight excluding hydrogens is 386 g/mol. The lowest BCUT2D eigenvalue weighted by Gasteiger charge is -2.22. The SMILES string of the molecule is CC1(C)c2ccccc2-c2ccc(Nc3cccc(-c4ccc5ccccc5c4)c3)cc21. The number of fused-ring (bicyclic) bond motifs is 4. The highest BCUT2D eigenvalue weighted by atomic mass is 14.9. The summed E-state index contributed by atoms with van der Waals surface area (Å²) in [5.74, 6) is 0. The van der Waals surface area contributed by atoms with E-state index in [0.29, 0.717) is 0 Å². The van der Waals surface area contributed by atoms with Gasteiger partial charge in [0.15, 0.2) is 0 Å². The Kier molecular flexibility index (Phi) is 4.19. The second-order valence-corrected chi connectivity index (χ2v) is 9.20. The van der Waals surface area contributed by atoms with Gasteiger partial charge in [0.25, 0.3) is 0 Å². The zero-order valence-electron chi connectivity index (χ0n) is 18.4. The van der Waals surface area contributed by atoms with Crippen molar-refractivity contribution in [2.75, 3.05) is 5.32 Å². The third-order valence-corrected chi connectivity index (χ3v) is 6.82. The fourth-order valence-corrected chi connectivity index (χ4v) is 5.09. The maximum Gasteiger partial charge on any atom is 0.0390 e. The van der Waals surface area contributed by atoms with Gasteiger partial charge >= 0.3 is 0 Å². The van der Waals surface area contributed by atoms with Crippen molar-refractivity contribution in [1.29, 1.82) is 0 Å². The first-order valence-electron chi connectivity index (χ1n) is 11.2. The van der Waals surface area contributed by atoms with Crippen LogP contribution in [0.3, 0.4) is 0 Å². The molecule has 0 aromatic heterocycles. The van der Waals surface area contributed by atoms with Crippen molar-refractivity contribution >= 4 is 22.1 Å². The summed E-state index contributed by atoms with van der Waals surface area (Å²) in [5, 5.41) is 6.18. The Balaban J connectivity index is 1.34. The van der Waals surface area contributed by atoms with Gasteiger partial charge in [-0.2, -0.15) is 0 Å². The topological polar surface area (TPSA) is 12.0 Å². The van der Waals surface area contributed by atoms with E-state index in [9.17, 15) is 0 Å². The molecule has 0 aliphatic heterocycles. The number of nitrogens with one attached hydrogen (secondary N) is 1. The molecule has 0 spiro atoms. The van der Waals surface area contributed by atoms with Gasteiger partial charge in [-0.05, 0) is 74.5 Å². The van der Waals surface area contributed by atoms with Crippen LogP contribution < -0.4 is 5.32 Å². The van der Waals surface area contributed by atoms with Gasteiger partial charge in [0.1, 0.15) is 0 Å². The van der Waals surface area contributed by atoms with E-state index in [1.54, 1.807) is 0 Å². The van der Waals surface area contributed by atoms with Crippen molar-refractivity contribution < 1.29 is 0 Å². The van der Waals surface area contributed by atoms with Gasteiger partial charge < -0.3 is 5.32 Å². The number of rotatable bonds is 3. The molecule has 5 aromatic carbocycles. The van der Waals surface area contributed by atoms with Gasteiger partial charge in [-0.3, -0.25) is 0 Å². The molecule has 5 aromatic rings. The number of hydrogen-bond acceptors (Lipinski definition) is 1. The third-order valence-electron chi connectivity index (χ3n) is 6.82. The predicted molar refractivity (Wildman–Crippen MR) is 137 cm³/mol. The zero-order chi connectivity index (χ0) is 21.7. The minimum absolute atomic E-state index is 0.0105. The summed E-state index contributed by atoms with van der Waals surface area (Å²) in [4.78, 5) is 0. The molecule has 0 amide bonds. The van der Waals surface area contributed by atoms with Gasteiger partial charge in [-0.15, -0.1) is 0 Å². The summed E-state index contributed by atoms with van der Waals surface area (Å²) < 4.78 is 0. The van der Waals surface area contributed by atoms with Crippen LogP contribution in [0, 0.1) is 0 Å². The van der Waals surface area contributed by atoms with Gasteiger partial charge in [0, 0.05) is 16.8 Å². The second kappa shape index (κ2) is 7.10. The molecule has 1 N–H and O–H groups in total. The summed E-state index contributed by atoms with van der Waals surface area (Å²) in [7, 11) is 0. The molecule has 1 aliphatic carbocycles. The lowest BCUT2D eigenvalue weighted by Crippen LogP contribution is -2.15. The Morgan fingerprint density at radius 3 is 2.12 bits per heavy atom. The van der Waals surface area contributed by atoms with Crippen molar-refractivity contribution in [2.45, 2.75) is 19.3 Å². The largest absolute Gasteiger partial charge is 0.356 e. The van der Waals surface area contributed by atoms with E-state index in [4.69, 9.17) is 0 Å². The second-order valence-electron chi connectivity index (χ2n) is 9.20. The van der Waals surface area contributed by atoms with E-state index in [-0.39, 0.29) is 5.41 Å². The molecule has 6 rings (SSSR count). The molecule has 0 radical (unpaired) electrons. The minimum atomic E-state index is 0.0105. The molecule has 0 saturated carbocycles. The van der Waals surface area contributed by atoms with Crippen molar-refractivity contribution in [3.8, 4) is 22.3 Å². The van der Waals surface area contributed by atoms with E-state index >= 15 is 0 Å². The van der Waals surface area contributed by atoms with E-state index in [2.05, 4.69) is 128 Å². The Morgan fingerprint density at radius 2 is 1.22 bits per heavy atom. The van der Waals surface area contributed by atoms with Crippen molar-refractivity contribution in [2.24, 2.45) is 0 Å². The van der Waals surface area contributed by atoms with E-state index < -0.39 is 0 Å². The molecule has 154 valence electrons. The monoisotopic (exact) mass is 411 g/mol.